The molecule has 0 unspecified atom stereocenters. The third kappa shape index (κ3) is 4.34. The average molecular weight is 452 g/mol. The van der Waals surface area contributed by atoms with Gasteiger partial charge in [-0.3, -0.25) is 9.59 Å². The summed E-state index contributed by atoms with van der Waals surface area (Å²) in [5.41, 5.74) is 2.81. The Morgan fingerprint density at radius 2 is 1.71 bits per heavy atom. The van der Waals surface area contributed by atoms with Crippen LogP contribution in [0.4, 0.5) is 0 Å². The fourth-order valence-corrected chi connectivity index (χ4v) is 5.49. The van der Waals surface area contributed by atoms with Gasteiger partial charge in [-0.05, 0) is 42.3 Å². The molecule has 0 radical (unpaired) electrons. The summed E-state index contributed by atoms with van der Waals surface area (Å²) in [5, 5.41) is 11.0. The molecule has 1 saturated heterocycles. The Kier molecular flexibility index (Phi) is 6.08. The molecule has 4 rings (SSSR count). The van der Waals surface area contributed by atoms with Crippen molar-refractivity contribution in [3.8, 4) is 0 Å². The van der Waals surface area contributed by atoms with Gasteiger partial charge in [-0.15, -0.1) is 11.8 Å². The lowest BCUT2D eigenvalue weighted by atomic mass is 9.92. The van der Waals surface area contributed by atoms with Gasteiger partial charge in [0, 0.05) is 16.5 Å². The highest BCUT2D eigenvalue weighted by molar-refractivity contribution is 8.01. The lowest BCUT2D eigenvalue weighted by Gasteiger charge is -2.34. The summed E-state index contributed by atoms with van der Waals surface area (Å²) < 4.78 is -1.35. The smallest absolute Gasteiger partial charge is 0.323 e. The first-order valence-electron chi connectivity index (χ1n) is 9.97. The van der Waals surface area contributed by atoms with E-state index in [9.17, 15) is 14.7 Å². The van der Waals surface area contributed by atoms with Crippen molar-refractivity contribution >= 4 is 35.2 Å². The highest BCUT2D eigenvalue weighted by Crippen LogP contribution is 2.53. The Morgan fingerprint density at radius 3 is 2.32 bits per heavy atom. The number of hydrogen-bond donors (Lipinski definition) is 1. The fourth-order valence-electron chi connectivity index (χ4n) is 4.02. The molecule has 1 N–H and O–H groups in total. The molecule has 1 aliphatic rings. The monoisotopic (exact) mass is 451 g/mol. The molecule has 3 aromatic rings. The van der Waals surface area contributed by atoms with E-state index in [2.05, 4.69) is 0 Å². The molecular weight excluding hydrogens is 430 g/mol. The Labute approximate surface area is 190 Å². The zero-order chi connectivity index (χ0) is 22.0. The van der Waals surface area contributed by atoms with Crippen LogP contribution in [0.5, 0.6) is 0 Å². The molecule has 0 saturated carbocycles. The van der Waals surface area contributed by atoms with E-state index < -0.39 is 16.8 Å². The van der Waals surface area contributed by atoms with Crippen LogP contribution < -0.4 is 0 Å². The van der Waals surface area contributed by atoms with Crippen molar-refractivity contribution in [2.24, 2.45) is 0 Å². The predicted octanol–water partition coefficient (Wildman–Crippen LogP) is 5.74. The van der Waals surface area contributed by atoms with Gasteiger partial charge in [0.15, 0.2) is 4.75 Å². The van der Waals surface area contributed by atoms with Gasteiger partial charge in [-0.1, -0.05) is 71.8 Å². The van der Waals surface area contributed by atoms with E-state index in [1.165, 1.54) is 11.8 Å². The van der Waals surface area contributed by atoms with Crippen LogP contribution in [0.2, 0.25) is 5.02 Å². The average Bonchev–Trinajstić information content (AvgIpc) is 3.03. The van der Waals surface area contributed by atoms with E-state index in [-0.39, 0.29) is 12.3 Å². The second-order valence-electron chi connectivity index (χ2n) is 7.75. The first-order valence-corrected chi connectivity index (χ1v) is 11.2. The van der Waals surface area contributed by atoms with Crippen LogP contribution in [-0.2, 0) is 16.1 Å². The summed E-state index contributed by atoms with van der Waals surface area (Å²) in [4.78, 5) is 28.5. The van der Waals surface area contributed by atoms with E-state index >= 15 is 0 Å². The van der Waals surface area contributed by atoms with Crippen LogP contribution in [0.3, 0.4) is 0 Å². The highest BCUT2D eigenvalue weighted by Gasteiger charge is 2.58. The van der Waals surface area contributed by atoms with Crippen molar-refractivity contribution in [2.75, 3.05) is 0 Å². The fraction of sp³-hybridized carbons (Fsp3) is 0.200. The number of carboxylic acids is 1. The minimum atomic E-state index is -1.35. The lowest BCUT2D eigenvalue weighted by molar-refractivity contribution is -0.140. The number of aryl methyl sites for hydroxylation is 1. The van der Waals surface area contributed by atoms with E-state index in [4.69, 9.17) is 11.6 Å². The van der Waals surface area contributed by atoms with Gasteiger partial charge >= 0.3 is 5.97 Å². The maximum absolute atomic E-state index is 13.2. The number of likely N-dealkylation sites (tertiary alicyclic amines) is 1. The molecule has 4 nitrogen and oxygen atoms in total. The van der Waals surface area contributed by atoms with Crippen LogP contribution in [0, 0.1) is 6.92 Å². The second-order valence-corrected chi connectivity index (χ2v) is 9.59. The van der Waals surface area contributed by atoms with Gasteiger partial charge in [-0.25, -0.2) is 0 Å². The summed E-state index contributed by atoms with van der Waals surface area (Å²) in [7, 11) is 0. The molecule has 6 heteroatoms. The van der Waals surface area contributed by atoms with Crippen LogP contribution >= 0.6 is 23.4 Å². The number of benzene rings is 3. The van der Waals surface area contributed by atoms with Gasteiger partial charge in [0.05, 0.1) is 12.5 Å². The van der Waals surface area contributed by atoms with Crippen molar-refractivity contribution in [1.82, 2.24) is 4.90 Å². The van der Waals surface area contributed by atoms with Crippen LogP contribution in [-0.4, -0.2) is 26.6 Å². The van der Waals surface area contributed by atoms with Crippen LogP contribution in [0.1, 0.15) is 29.2 Å². The molecule has 31 heavy (non-hydrogen) atoms. The Hall–Kier alpha value is -2.76. The standard InChI is InChI=1S/C25H22ClNO3S/c1-17-7-13-21(14-8-17)31-25(24(29)30)15-22(28)27(16-18-5-3-2-4-6-18)23(25)19-9-11-20(26)12-10-19/h2-14,23H,15-16H2,1H3,(H,29,30)/t23-,25-/m1/s1. The number of carbonyl (C=O) groups is 2. The zero-order valence-electron chi connectivity index (χ0n) is 17.0. The molecule has 158 valence electrons. The number of carboxylic acid groups (broad SMARTS) is 1. The topological polar surface area (TPSA) is 57.6 Å². The third-order valence-corrected chi connectivity index (χ3v) is 7.22. The summed E-state index contributed by atoms with van der Waals surface area (Å²) in [6.07, 6.45) is -0.0823. The summed E-state index contributed by atoms with van der Waals surface area (Å²) >= 11 is 7.33. The molecule has 0 aromatic heterocycles. The Balaban J connectivity index is 1.81. The molecule has 3 aromatic carbocycles. The van der Waals surface area contributed by atoms with Crippen molar-refractivity contribution in [3.05, 3.63) is 101 Å². The number of aliphatic carboxylic acids is 1. The maximum atomic E-state index is 13.2. The molecule has 1 amide bonds. The zero-order valence-corrected chi connectivity index (χ0v) is 18.6. The quantitative estimate of drug-likeness (QED) is 0.519. The van der Waals surface area contributed by atoms with E-state index in [1.54, 1.807) is 17.0 Å². The van der Waals surface area contributed by atoms with Gasteiger partial charge < -0.3 is 10.0 Å². The van der Waals surface area contributed by atoms with Crippen molar-refractivity contribution < 1.29 is 14.7 Å². The largest absolute Gasteiger partial charge is 0.480 e. The molecule has 2 atom stereocenters. The van der Waals surface area contributed by atoms with Crippen LogP contribution in [0.15, 0.2) is 83.8 Å². The predicted molar refractivity (Wildman–Crippen MR) is 123 cm³/mol. The third-order valence-electron chi connectivity index (χ3n) is 5.55. The van der Waals surface area contributed by atoms with E-state index in [1.807, 2.05) is 73.7 Å². The second kappa shape index (κ2) is 8.77. The van der Waals surface area contributed by atoms with Gasteiger partial charge in [-0.2, -0.15) is 0 Å². The first kappa shape index (κ1) is 21.5. The number of amides is 1. The number of carbonyl (C=O) groups excluding carboxylic acids is 1. The van der Waals surface area contributed by atoms with Crippen molar-refractivity contribution in [2.45, 2.75) is 35.6 Å². The molecule has 0 bridgehead atoms. The first-order chi connectivity index (χ1) is 14.9. The molecule has 0 spiro atoms. The van der Waals surface area contributed by atoms with Gasteiger partial charge in [0.2, 0.25) is 5.91 Å². The number of rotatable bonds is 6. The van der Waals surface area contributed by atoms with Crippen molar-refractivity contribution in [3.63, 3.8) is 0 Å². The molecule has 1 aliphatic heterocycles. The summed E-state index contributed by atoms with van der Waals surface area (Å²) in [6, 6.07) is 23.8. The Morgan fingerprint density at radius 1 is 1.06 bits per heavy atom. The molecule has 0 aliphatic carbocycles. The van der Waals surface area contributed by atoms with Crippen molar-refractivity contribution in [1.29, 1.82) is 0 Å². The molecule has 1 heterocycles. The molecule has 1 fully saturated rings. The minimum absolute atomic E-state index is 0.0823. The molecular formula is C25H22ClNO3S. The maximum Gasteiger partial charge on any atom is 0.323 e. The summed E-state index contributed by atoms with van der Waals surface area (Å²) in [6.45, 7) is 2.33. The van der Waals surface area contributed by atoms with E-state index in [0.717, 1.165) is 21.6 Å². The number of thioether (sulfide) groups is 1. The number of hydrogen-bond acceptors (Lipinski definition) is 3. The highest BCUT2D eigenvalue weighted by atomic mass is 35.5. The van der Waals surface area contributed by atoms with Gasteiger partial charge in [0.25, 0.3) is 0 Å². The van der Waals surface area contributed by atoms with Crippen LogP contribution in [0.25, 0.3) is 0 Å². The number of nitrogens with zero attached hydrogens (tertiary/aromatic N) is 1. The van der Waals surface area contributed by atoms with E-state index in [0.29, 0.717) is 11.6 Å². The normalized spacial score (nSPS) is 20.8. The van der Waals surface area contributed by atoms with Gasteiger partial charge in [0.1, 0.15) is 0 Å². The lowest BCUT2D eigenvalue weighted by Crippen LogP contribution is -2.41. The summed E-state index contributed by atoms with van der Waals surface area (Å²) in [5.74, 6) is -1.17. The number of halogens is 1. The Bertz CT molecular complexity index is 1090. The minimum Gasteiger partial charge on any atom is -0.480 e. The SMILES string of the molecule is Cc1ccc(S[C@]2(C(=O)O)CC(=O)N(Cc3ccccc3)[C@@H]2c2ccc(Cl)cc2)cc1.